The minimum Gasteiger partial charge on any atom is -0.378 e. The van der Waals surface area contributed by atoms with Crippen LogP contribution in [0.3, 0.4) is 0 Å². The number of hydrogen-bond acceptors (Lipinski definition) is 6. The summed E-state index contributed by atoms with van der Waals surface area (Å²) in [5.41, 5.74) is 1.58. The van der Waals surface area contributed by atoms with Crippen molar-refractivity contribution >= 4 is 34.6 Å². The number of nitrogens with one attached hydrogen (secondary N) is 1. The van der Waals surface area contributed by atoms with Gasteiger partial charge in [0.15, 0.2) is 0 Å². The van der Waals surface area contributed by atoms with Gasteiger partial charge in [0, 0.05) is 24.7 Å². The zero-order valence-electron chi connectivity index (χ0n) is 15.0. The summed E-state index contributed by atoms with van der Waals surface area (Å²) < 4.78 is 5.30. The van der Waals surface area contributed by atoms with E-state index in [0.717, 1.165) is 0 Å². The lowest BCUT2D eigenvalue weighted by atomic mass is 10.1. The molecule has 1 saturated heterocycles. The molecule has 2 aliphatic rings. The summed E-state index contributed by atoms with van der Waals surface area (Å²) in [4.78, 5) is 39.4. The smallest absolute Gasteiger partial charge is 0.293 e. The van der Waals surface area contributed by atoms with Gasteiger partial charge in [0.25, 0.3) is 11.6 Å². The van der Waals surface area contributed by atoms with E-state index in [1.54, 1.807) is 36.4 Å². The van der Waals surface area contributed by atoms with Crippen molar-refractivity contribution in [3.05, 3.63) is 58.1 Å². The average molecular weight is 382 g/mol. The highest BCUT2D eigenvalue weighted by atomic mass is 16.6. The Balaban J connectivity index is 1.69. The Bertz CT molecular complexity index is 955. The van der Waals surface area contributed by atoms with Crippen LogP contribution >= 0.6 is 0 Å². The predicted octanol–water partition coefficient (Wildman–Crippen LogP) is 2.03. The summed E-state index contributed by atoms with van der Waals surface area (Å²) in [5.74, 6) is -0.773. The highest BCUT2D eigenvalue weighted by Crippen LogP contribution is 2.33. The number of nitrogens with zero attached hydrogens (tertiary/aromatic N) is 3. The summed E-state index contributed by atoms with van der Waals surface area (Å²) in [6.07, 6.45) is 0. The Labute approximate surface area is 160 Å². The number of carbonyl (C=O) groups is 2. The lowest BCUT2D eigenvalue weighted by Crippen LogP contribution is -2.42. The van der Waals surface area contributed by atoms with Gasteiger partial charge in [-0.1, -0.05) is 12.1 Å². The fourth-order valence-corrected chi connectivity index (χ4v) is 3.44. The number of nitro groups is 1. The van der Waals surface area contributed by atoms with Crippen LogP contribution in [0.5, 0.6) is 0 Å². The van der Waals surface area contributed by atoms with E-state index in [1.165, 1.54) is 11.0 Å². The molecule has 144 valence electrons. The van der Waals surface area contributed by atoms with Crippen molar-refractivity contribution in [2.45, 2.75) is 0 Å². The van der Waals surface area contributed by atoms with Gasteiger partial charge in [0.05, 0.1) is 29.5 Å². The van der Waals surface area contributed by atoms with E-state index < -0.39 is 10.8 Å². The molecule has 9 heteroatoms. The van der Waals surface area contributed by atoms with E-state index in [9.17, 15) is 19.7 Å². The standard InChI is InChI=1S/C19H18N4O5/c24-18-12-22(15-4-2-1-3-14(15)20-18)19(25)13-5-6-16(17(11-13)23(26)27)21-7-9-28-10-8-21/h1-6,11H,7-10,12H2,(H,20,24). The van der Waals surface area contributed by atoms with Crippen molar-refractivity contribution in [3.63, 3.8) is 0 Å². The predicted molar refractivity (Wildman–Crippen MR) is 103 cm³/mol. The molecule has 0 atom stereocenters. The Morgan fingerprint density at radius 3 is 2.61 bits per heavy atom. The van der Waals surface area contributed by atoms with Gasteiger partial charge in [-0.15, -0.1) is 0 Å². The van der Waals surface area contributed by atoms with Crippen molar-refractivity contribution in [1.82, 2.24) is 0 Å². The number of fused-ring (bicyclic) bond motifs is 1. The maximum Gasteiger partial charge on any atom is 0.293 e. The molecule has 0 saturated carbocycles. The average Bonchev–Trinajstić information content (AvgIpc) is 2.72. The van der Waals surface area contributed by atoms with Crippen LogP contribution in [0.4, 0.5) is 22.7 Å². The molecule has 2 aromatic rings. The molecule has 2 heterocycles. The second kappa shape index (κ2) is 7.28. The van der Waals surface area contributed by atoms with Gasteiger partial charge in [-0.05, 0) is 24.3 Å². The van der Waals surface area contributed by atoms with E-state index in [1.807, 2.05) is 4.90 Å². The van der Waals surface area contributed by atoms with E-state index in [0.29, 0.717) is 43.4 Å². The van der Waals surface area contributed by atoms with Gasteiger partial charge in [0.2, 0.25) is 5.91 Å². The van der Waals surface area contributed by atoms with Crippen LogP contribution in [0.2, 0.25) is 0 Å². The molecule has 2 aliphatic heterocycles. The Kier molecular flexibility index (Phi) is 4.66. The molecule has 9 nitrogen and oxygen atoms in total. The lowest BCUT2D eigenvalue weighted by molar-refractivity contribution is -0.384. The Morgan fingerprint density at radius 2 is 1.86 bits per heavy atom. The fourth-order valence-electron chi connectivity index (χ4n) is 3.44. The molecule has 1 fully saturated rings. The van der Waals surface area contributed by atoms with Gasteiger partial charge in [-0.25, -0.2) is 0 Å². The Hall–Kier alpha value is -3.46. The number of hydrogen-bond donors (Lipinski definition) is 1. The van der Waals surface area contributed by atoms with Crippen LogP contribution in [0.25, 0.3) is 0 Å². The van der Waals surface area contributed by atoms with Crippen molar-refractivity contribution < 1.29 is 19.2 Å². The molecule has 2 amide bonds. The molecule has 0 radical (unpaired) electrons. The number of amides is 2. The van der Waals surface area contributed by atoms with E-state index >= 15 is 0 Å². The van der Waals surface area contributed by atoms with Crippen LogP contribution < -0.4 is 15.1 Å². The van der Waals surface area contributed by atoms with Crippen molar-refractivity contribution in [1.29, 1.82) is 0 Å². The van der Waals surface area contributed by atoms with Crippen molar-refractivity contribution in [3.8, 4) is 0 Å². The van der Waals surface area contributed by atoms with E-state index in [4.69, 9.17) is 4.74 Å². The summed E-state index contributed by atoms with van der Waals surface area (Å²) in [7, 11) is 0. The Morgan fingerprint density at radius 1 is 1.11 bits per heavy atom. The molecule has 0 spiro atoms. The van der Waals surface area contributed by atoms with Gasteiger partial charge in [-0.2, -0.15) is 0 Å². The normalized spacial score (nSPS) is 16.4. The number of carbonyl (C=O) groups excluding carboxylic acids is 2. The van der Waals surface area contributed by atoms with Gasteiger partial charge >= 0.3 is 0 Å². The second-order valence-electron chi connectivity index (χ2n) is 6.52. The van der Waals surface area contributed by atoms with E-state index in [-0.39, 0.29) is 23.7 Å². The zero-order chi connectivity index (χ0) is 19.7. The maximum absolute atomic E-state index is 13.1. The number of nitro benzene ring substituents is 1. The van der Waals surface area contributed by atoms with Crippen molar-refractivity contribution in [2.75, 3.05) is 48.0 Å². The van der Waals surface area contributed by atoms with Gasteiger partial charge in [0.1, 0.15) is 12.2 Å². The monoisotopic (exact) mass is 382 g/mol. The highest BCUT2D eigenvalue weighted by molar-refractivity contribution is 6.15. The van der Waals surface area contributed by atoms with Crippen LogP contribution in [0, 0.1) is 10.1 Å². The molecule has 28 heavy (non-hydrogen) atoms. The first-order valence-corrected chi connectivity index (χ1v) is 8.86. The quantitative estimate of drug-likeness (QED) is 0.643. The van der Waals surface area contributed by atoms with Crippen molar-refractivity contribution in [2.24, 2.45) is 0 Å². The molecule has 1 N–H and O–H groups in total. The third kappa shape index (κ3) is 3.27. The first kappa shape index (κ1) is 17.9. The van der Waals surface area contributed by atoms with Crippen LogP contribution in [0.1, 0.15) is 10.4 Å². The summed E-state index contributed by atoms with van der Waals surface area (Å²) in [6.45, 7) is 1.95. The number of morpholine rings is 1. The third-order valence-electron chi connectivity index (χ3n) is 4.79. The minimum atomic E-state index is -0.488. The molecule has 0 unspecified atom stereocenters. The minimum absolute atomic E-state index is 0.137. The van der Waals surface area contributed by atoms with Gasteiger partial charge < -0.3 is 15.0 Å². The lowest BCUT2D eigenvalue weighted by Gasteiger charge is -2.30. The number of benzene rings is 2. The zero-order valence-corrected chi connectivity index (χ0v) is 15.0. The van der Waals surface area contributed by atoms with Crippen LogP contribution in [-0.2, 0) is 9.53 Å². The van der Waals surface area contributed by atoms with E-state index in [2.05, 4.69) is 5.32 Å². The molecule has 2 aromatic carbocycles. The first-order valence-electron chi connectivity index (χ1n) is 8.86. The number of ether oxygens (including phenoxy) is 1. The van der Waals surface area contributed by atoms with Gasteiger partial charge in [-0.3, -0.25) is 24.6 Å². The molecular formula is C19H18N4O5. The third-order valence-corrected chi connectivity index (χ3v) is 4.79. The largest absolute Gasteiger partial charge is 0.378 e. The number of anilines is 3. The summed E-state index contributed by atoms with van der Waals surface area (Å²) in [6, 6.07) is 11.4. The summed E-state index contributed by atoms with van der Waals surface area (Å²) in [5, 5.41) is 14.3. The SMILES string of the molecule is O=C1CN(C(=O)c2ccc(N3CCOCC3)c([N+](=O)[O-])c2)c2ccccc2N1. The van der Waals surface area contributed by atoms with Crippen LogP contribution in [0.15, 0.2) is 42.5 Å². The number of rotatable bonds is 3. The van der Waals surface area contributed by atoms with Crippen LogP contribution in [-0.4, -0.2) is 49.6 Å². The topological polar surface area (TPSA) is 105 Å². The first-order chi connectivity index (χ1) is 13.5. The second-order valence-corrected chi connectivity index (χ2v) is 6.52. The fraction of sp³-hybridized carbons (Fsp3) is 0.263. The number of para-hydroxylation sites is 2. The molecule has 0 bridgehead atoms. The molecule has 0 aromatic heterocycles. The maximum atomic E-state index is 13.1. The molecular weight excluding hydrogens is 364 g/mol. The molecule has 0 aliphatic carbocycles. The highest BCUT2D eigenvalue weighted by Gasteiger charge is 2.29. The summed E-state index contributed by atoms with van der Waals surface area (Å²) >= 11 is 0. The molecule has 4 rings (SSSR count).